The summed E-state index contributed by atoms with van der Waals surface area (Å²) in [6.07, 6.45) is 2.80. The second kappa shape index (κ2) is 10.0. The van der Waals surface area contributed by atoms with Crippen LogP contribution in [0, 0.1) is 0 Å². The van der Waals surface area contributed by atoms with E-state index in [0.717, 1.165) is 16.7 Å². The second-order valence-corrected chi connectivity index (χ2v) is 10.4. The Kier molecular flexibility index (Phi) is 7.36. The van der Waals surface area contributed by atoms with Crippen LogP contribution >= 0.6 is 11.3 Å². The lowest BCUT2D eigenvalue weighted by Crippen LogP contribution is -2.41. The summed E-state index contributed by atoms with van der Waals surface area (Å²) >= 11 is 1.17. The maximum absolute atomic E-state index is 12.5. The highest BCUT2D eigenvalue weighted by Gasteiger charge is 2.23. The van der Waals surface area contributed by atoms with E-state index in [1.807, 2.05) is 0 Å². The molecule has 0 aliphatic rings. The lowest BCUT2D eigenvalue weighted by molar-refractivity contribution is -0.139. The van der Waals surface area contributed by atoms with Gasteiger partial charge in [0, 0.05) is 17.5 Å². The molecule has 34 heavy (non-hydrogen) atoms. The molecule has 0 saturated heterocycles. The molecular weight excluding hydrogens is 488 g/mol. The third-order valence-electron chi connectivity index (χ3n) is 4.73. The normalized spacial score (nSPS) is 12.4. The number of hydrogen-bond acceptors (Lipinski definition) is 9. The number of aryl methyl sites for hydroxylation is 2. The SMILES string of the molecule is CS(=O)(=O)NC(=O)CC[C@H](NC(=O)c1ccc(CCc2c[nH]c3nc(N)[nH]c(=O)c23)s1)C(=O)O. The Morgan fingerprint density at radius 3 is 2.68 bits per heavy atom. The van der Waals surface area contributed by atoms with Crippen LogP contribution < -0.4 is 21.3 Å². The number of nitrogen functional groups attached to an aromatic ring is 1. The molecule has 0 aromatic carbocycles. The van der Waals surface area contributed by atoms with Crippen molar-refractivity contribution >= 4 is 56.1 Å². The Balaban J connectivity index is 1.60. The molecule has 0 unspecified atom stereocenters. The first-order valence-electron chi connectivity index (χ1n) is 9.91. The van der Waals surface area contributed by atoms with Gasteiger partial charge in [0.15, 0.2) is 0 Å². The largest absolute Gasteiger partial charge is 0.480 e. The van der Waals surface area contributed by atoms with E-state index in [2.05, 4.69) is 20.3 Å². The molecule has 3 aromatic heterocycles. The van der Waals surface area contributed by atoms with Crippen molar-refractivity contribution in [1.29, 1.82) is 0 Å². The highest BCUT2D eigenvalue weighted by molar-refractivity contribution is 7.89. The minimum absolute atomic E-state index is 0.00972. The lowest BCUT2D eigenvalue weighted by Gasteiger charge is -2.13. The average Bonchev–Trinajstić information content (AvgIpc) is 3.34. The number of fused-ring (bicyclic) bond motifs is 1. The Morgan fingerprint density at radius 1 is 1.26 bits per heavy atom. The van der Waals surface area contributed by atoms with E-state index in [1.54, 1.807) is 23.1 Å². The molecule has 0 bridgehead atoms. The van der Waals surface area contributed by atoms with Crippen LogP contribution in [-0.4, -0.2) is 58.6 Å². The van der Waals surface area contributed by atoms with E-state index in [1.165, 1.54) is 11.3 Å². The van der Waals surface area contributed by atoms with Gasteiger partial charge in [-0.2, -0.15) is 4.98 Å². The van der Waals surface area contributed by atoms with Crippen LogP contribution in [0.25, 0.3) is 11.0 Å². The van der Waals surface area contributed by atoms with Crippen molar-refractivity contribution in [3.05, 3.63) is 44.0 Å². The van der Waals surface area contributed by atoms with Crippen molar-refractivity contribution < 1.29 is 27.9 Å². The molecule has 3 aromatic rings. The van der Waals surface area contributed by atoms with Gasteiger partial charge >= 0.3 is 5.97 Å². The van der Waals surface area contributed by atoms with Gasteiger partial charge in [-0.3, -0.25) is 24.1 Å². The number of nitrogens with one attached hydrogen (secondary N) is 4. The minimum Gasteiger partial charge on any atom is -0.480 e. The average molecular weight is 511 g/mol. The number of hydrogen-bond donors (Lipinski definition) is 6. The fourth-order valence-electron chi connectivity index (χ4n) is 3.23. The van der Waals surface area contributed by atoms with E-state index >= 15 is 0 Å². The number of aliphatic carboxylic acids is 1. The smallest absolute Gasteiger partial charge is 0.326 e. The summed E-state index contributed by atoms with van der Waals surface area (Å²) < 4.78 is 23.9. The lowest BCUT2D eigenvalue weighted by atomic mass is 10.1. The van der Waals surface area contributed by atoms with Gasteiger partial charge < -0.3 is 21.1 Å². The van der Waals surface area contributed by atoms with Crippen LogP contribution in [0.3, 0.4) is 0 Å². The van der Waals surface area contributed by atoms with Crippen LogP contribution in [0.4, 0.5) is 5.95 Å². The van der Waals surface area contributed by atoms with Crippen molar-refractivity contribution in [2.45, 2.75) is 31.7 Å². The van der Waals surface area contributed by atoms with Gasteiger partial charge in [0.1, 0.15) is 11.7 Å². The number of carboxylic acids is 1. The Labute approximate surface area is 196 Å². The van der Waals surface area contributed by atoms with Crippen LogP contribution in [0.1, 0.15) is 33.0 Å². The van der Waals surface area contributed by atoms with Gasteiger partial charge in [0.2, 0.25) is 21.9 Å². The van der Waals surface area contributed by atoms with E-state index in [4.69, 9.17) is 5.73 Å². The van der Waals surface area contributed by atoms with Gasteiger partial charge in [-0.25, -0.2) is 13.2 Å². The maximum atomic E-state index is 12.5. The highest BCUT2D eigenvalue weighted by Crippen LogP contribution is 2.21. The first kappa shape index (κ1) is 24.9. The van der Waals surface area contributed by atoms with Crippen molar-refractivity contribution in [1.82, 2.24) is 25.0 Å². The zero-order valence-electron chi connectivity index (χ0n) is 17.9. The first-order chi connectivity index (χ1) is 15.9. The summed E-state index contributed by atoms with van der Waals surface area (Å²) in [4.78, 5) is 58.2. The molecule has 3 rings (SSSR count). The van der Waals surface area contributed by atoms with E-state index in [0.29, 0.717) is 23.9 Å². The van der Waals surface area contributed by atoms with Crippen molar-refractivity contribution in [3.8, 4) is 0 Å². The summed E-state index contributed by atoms with van der Waals surface area (Å²) in [7, 11) is -3.76. The van der Waals surface area contributed by atoms with Crippen molar-refractivity contribution in [2.24, 2.45) is 0 Å². The summed E-state index contributed by atoms with van der Waals surface area (Å²) in [6.45, 7) is 0. The van der Waals surface area contributed by atoms with Gasteiger partial charge in [-0.15, -0.1) is 11.3 Å². The molecular formula is C19H22N6O7S2. The van der Waals surface area contributed by atoms with Crippen LogP contribution in [0.2, 0.25) is 0 Å². The van der Waals surface area contributed by atoms with E-state index in [9.17, 15) is 32.7 Å². The third kappa shape index (κ3) is 6.41. The van der Waals surface area contributed by atoms with Crippen LogP contribution in [-0.2, 0) is 32.5 Å². The van der Waals surface area contributed by atoms with Crippen LogP contribution in [0.5, 0.6) is 0 Å². The molecule has 15 heteroatoms. The van der Waals surface area contributed by atoms with Crippen LogP contribution in [0.15, 0.2) is 23.1 Å². The zero-order chi connectivity index (χ0) is 25.0. The fourth-order valence-corrected chi connectivity index (χ4v) is 4.66. The second-order valence-electron chi connectivity index (χ2n) is 7.46. The highest BCUT2D eigenvalue weighted by atomic mass is 32.2. The number of H-pyrrole nitrogens is 2. The first-order valence-corrected chi connectivity index (χ1v) is 12.6. The molecule has 0 aliphatic heterocycles. The summed E-state index contributed by atoms with van der Waals surface area (Å²) in [6, 6.07) is 1.90. The van der Waals surface area contributed by atoms with Gasteiger partial charge in [0.25, 0.3) is 11.5 Å². The molecule has 0 aliphatic carbocycles. The van der Waals surface area contributed by atoms with Crippen molar-refractivity contribution in [2.75, 3.05) is 12.0 Å². The number of nitrogens with two attached hydrogens (primary N) is 1. The number of aromatic amines is 2. The Bertz CT molecular complexity index is 1410. The van der Waals surface area contributed by atoms with Gasteiger partial charge in [0.05, 0.1) is 16.5 Å². The summed E-state index contributed by atoms with van der Waals surface area (Å²) in [5.41, 5.74) is 6.30. The third-order valence-corrected chi connectivity index (χ3v) is 6.47. The predicted molar refractivity (Wildman–Crippen MR) is 124 cm³/mol. The molecule has 0 radical (unpaired) electrons. The number of aromatic nitrogens is 3. The number of nitrogens with zero attached hydrogens (tertiary/aromatic N) is 1. The molecule has 13 nitrogen and oxygen atoms in total. The molecule has 7 N–H and O–H groups in total. The Morgan fingerprint density at radius 2 is 2.00 bits per heavy atom. The maximum Gasteiger partial charge on any atom is 0.326 e. The molecule has 0 saturated carbocycles. The molecule has 2 amide bonds. The summed E-state index contributed by atoms with van der Waals surface area (Å²) in [5, 5.41) is 12.1. The number of anilines is 1. The zero-order valence-corrected chi connectivity index (χ0v) is 19.5. The predicted octanol–water partition coefficient (Wildman–Crippen LogP) is -0.281. The van der Waals surface area contributed by atoms with Gasteiger partial charge in [-0.1, -0.05) is 0 Å². The number of carboxylic acid groups (broad SMARTS) is 1. The Hall–Kier alpha value is -3.72. The molecule has 1 atom stereocenters. The molecule has 0 spiro atoms. The molecule has 0 fully saturated rings. The van der Waals surface area contributed by atoms with E-state index < -0.39 is 40.3 Å². The minimum atomic E-state index is -3.76. The van der Waals surface area contributed by atoms with E-state index in [-0.39, 0.29) is 22.8 Å². The standard InChI is InChI=1S/C19H22N6O7S2/c1-34(31,32)25-13(26)7-5-11(18(29)30)22-16(27)12-6-4-10(33-12)3-2-9-8-21-15-14(9)17(28)24-19(20)23-15/h4,6,8,11H,2-3,5,7H2,1H3,(H,22,27)(H,25,26)(H,29,30)(H4,20,21,23,24,28)/t11-/m0/s1. The molecule has 182 valence electrons. The monoisotopic (exact) mass is 510 g/mol. The number of thiophene rings is 1. The summed E-state index contributed by atoms with van der Waals surface area (Å²) in [5.74, 6) is -2.84. The number of sulfonamides is 1. The van der Waals surface area contributed by atoms with Crippen molar-refractivity contribution in [3.63, 3.8) is 0 Å². The number of rotatable bonds is 10. The fraction of sp³-hybridized carbons (Fsp3) is 0.316. The van der Waals surface area contributed by atoms with Gasteiger partial charge in [-0.05, 0) is 37.0 Å². The quantitative estimate of drug-likeness (QED) is 0.211. The topological polar surface area (TPSA) is 217 Å². The number of carbonyl (C=O) groups is 3. The number of carbonyl (C=O) groups excluding carboxylic acids is 2. The number of amides is 2. The molecule has 3 heterocycles.